The second-order valence-electron chi connectivity index (χ2n) is 4.68. The standard InChI is InChI=1S/C12H12BrFN2OS/c1-12-6(5-18-11(15)16-12)4-17-10-3-9(14)8(13)2-7(10)12/h2-3,6H,4-5H2,1H3,(H2,15,16)/t6-,12+/m1/s1. The van der Waals surface area contributed by atoms with Crippen LogP contribution in [0.3, 0.4) is 0 Å². The molecular weight excluding hydrogens is 319 g/mol. The van der Waals surface area contributed by atoms with Crippen LogP contribution in [-0.2, 0) is 5.54 Å². The molecule has 3 rings (SSSR count). The number of aliphatic imine (C=N–C) groups is 1. The molecule has 2 aliphatic rings. The zero-order valence-corrected chi connectivity index (χ0v) is 12.1. The Kier molecular flexibility index (Phi) is 2.82. The summed E-state index contributed by atoms with van der Waals surface area (Å²) in [6.45, 7) is 2.59. The molecule has 0 radical (unpaired) electrons. The topological polar surface area (TPSA) is 47.6 Å². The number of thioether (sulfide) groups is 1. The van der Waals surface area contributed by atoms with E-state index >= 15 is 0 Å². The van der Waals surface area contributed by atoms with E-state index in [1.54, 1.807) is 17.8 Å². The maximum absolute atomic E-state index is 13.5. The van der Waals surface area contributed by atoms with Crippen LogP contribution in [0.25, 0.3) is 0 Å². The fourth-order valence-electron chi connectivity index (χ4n) is 2.43. The van der Waals surface area contributed by atoms with Crippen LogP contribution in [0.4, 0.5) is 4.39 Å². The third kappa shape index (κ3) is 1.73. The smallest absolute Gasteiger partial charge is 0.154 e. The number of nitrogens with zero attached hydrogens (tertiary/aromatic N) is 1. The summed E-state index contributed by atoms with van der Waals surface area (Å²) in [6.07, 6.45) is 0. The zero-order chi connectivity index (χ0) is 12.9. The maximum atomic E-state index is 13.5. The third-order valence-corrected chi connectivity index (χ3v) is 5.14. The van der Waals surface area contributed by atoms with Crippen LogP contribution >= 0.6 is 27.7 Å². The molecule has 0 saturated heterocycles. The summed E-state index contributed by atoms with van der Waals surface area (Å²) < 4.78 is 19.6. The van der Waals surface area contributed by atoms with Gasteiger partial charge in [0, 0.05) is 23.3 Å². The summed E-state index contributed by atoms with van der Waals surface area (Å²) in [7, 11) is 0. The molecule has 1 aromatic carbocycles. The molecule has 0 bridgehead atoms. The van der Waals surface area contributed by atoms with Gasteiger partial charge in [-0.1, -0.05) is 11.8 Å². The first-order chi connectivity index (χ1) is 8.50. The summed E-state index contributed by atoms with van der Waals surface area (Å²) in [5, 5.41) is 0.585. The molecular formula is C12H12BrFN2OS. The Morgan fingerprint density at radius 3 is 3.17 bits per heavy atom. The lowest BCUT2D eigenvalue weighted by molar-refractivity contribution is 0.158. The van der Waals surface area contributed by atoms with Crippen molar-refractivity contribution in [3.8, 4) is 5.75 Å². The highest BCUT2D eigenvalue weighted by atomic mass is 79.9. The van der Waals surface area contributed by atoms with Crippen LogP contribution in [0, 0.1) is 11.7 Å². The van der Waals surface area contributed by atoms with Crippen molar-refractivity contribution in [3.63, 3.8) is 0 Å². The minimum absolute atomic E-state index is 0.264. The van der Waals surface area contributed by atoms with Crippen molar-refractivity contribution < 1.29 is 9.13 Å². The molecule has 2 heterocycles. The molecule has 0 saturated carbocycles. The Bertz CT molecular complexity index is 551. The molecule has 0 unspecified atom stereocenters. The van der Waals surface area contributed by atoms with Gasteiger partial charge in [-0.25, -0.2) is 4.39 Å². The number of halogens is 2. The van der Waals surface area contributed by atoms with Crippen LogP contribution in [0.1, 0.15) is 12.5 Å². The molecule has 0 amide bonds. The Morgan fingerprint density at radius 1 is 1.61 bits per heavy atom. The zero-order valence-electron chi connectivity index (χ0n) is 9.74. The van der Waals surface area contributed by atoms with Crippen molar-refractivity contribution in [2.24, 2.45) is 16.6 Å². The van der Waals surface area contributed by atoms with E-state index in [0.717, 1.165) is 11.3 Å². The van der Waals surface area contributed by atoms with E-state index in [1.165, 1.54) is 6.07 Å². The highest BCUT2D eigenvalue weighted by molar-refractivity contribution is 9.10. The molecule has 0 spiro atoms. The van der Waals surface area contributed by atoms with Gasteiger partial charge >= 0.3 is 0 Å². The average Bonchev–Trinajstić information content (AvgIpc) is 2.31. The molecule has 6 heteroatoms. The summed E-state index contributed by atoms with van der Waals surface area (Å²) >= 11 is 4.76. The molecule has 1 aromatic rings. The van der Waals surface area contributed by atoms with E-state index in [0.29, 0.717) is 22.0 Å². The lowest BCUT2D eigenvalue weighted by Crippen LogP contribution is -2.44. The van der Waals surface area contributed by atoms with Gasteiger partial charge in [-0.15, -0.1) is 0 Å². The molecule has 0 aromatic heterocycles. The first-order valence-electron chi connectivity index (χ1n) is 5.61. The lowest BCUT2D eigenvalue weighted by atomic mass is 9.79. The number of rotatable bonds is 0. The number of hydrogen-bond donors (Lipinski definition) is 1. The average molecular weight is 331 g/mol. The Balaban J connectivity index is 2.20. The largest absolute Gasteiger partial charge is 0.493 e. The van der Waals surface area contributed by atoms with Gasteiger partial charge in [-0.3, -0.25) is 4.99 Å². The molecule has 3 nitrogen and oxygen atoms in total. The highest BCUT2D eigenvalue weighted by Crippen LogP contribution is 2.47. The predicted octanol–water partition coefficient (Wildman–Crippen LogP) is 2.87. The van der Waals surface area contributed by atoms with Gasteiger partial charge in [0.2, 0.25) is 0 Å². The maximum Gasteiger partial charge on any atom is 0.154 e. The molecule has 96 valence electrons. The monoisotopic (exact) mass is 330 g/mol. The lowest BCUT2D eigenvalue weighted by Gasteiger charge is -2.42. The van der Waals surface area contributed by atoms with Gasteiger partial charge in [0.15, 0.2) is 5.17 Å². The van der Waals surface area contributed by atoms with Crippen molar-refractivity contribution in [1.29, 1.82) is 0 Å². The van der Waals surface area contributed by atoms with E-state index in [4.69, 9.17) is 10.5 Å². The predicted molar refractivity (Wildman–Crippen MR) is 74.5 cm³/mol. The summed E-state index contributed by atoms with van der Waals surface area (Å²) in [4.78, 5) is 4.58. The second-order valence-corrected chi connectivity index (χ2v) is 6.57. The van der Waals surface area contributed by atoms with Crippen molar-refractivity contribution in [2.45, 2.75) is 12.5 Å². The Morgan fingerprint density at radius 2 is 2.39 bits per heavy atom. The van der Waals surface area contributed by atoms with Crippen molar-refractivity contribution in [1.82, 2.24) is 0 Å². The van der Waals surface area contributed by atoms with Gasteiger partial charge in [0.25, 0.3) is 0 Å². The van der Waals surface area contributed by atoms with Gasteiger partial charge in [-0.2, -0.15) is 0 Å². The van der Waals surface area contributed by atoms with Crippen LogP contribution in [0.5, 0.6) is 5.75 Å². The molecule has 18 heavy (non-hydrogen) atoms. The first kappa shape index (κ1) is 12.3. The fraction of sp³-hybridized carbons (Fsp3) is 0.417. The van der Waals surface area contributed by atoms with Crippen molar-refractivity contribution in [2.75, 3.05) is 12.4 Å². The van der Waals surface area contributed by atoms with Gasteiger partial charge < -0.3 is 10.5 Å². The number of hydrogen-bond acceptors (Lipinski definition) is 4. The number of fused-ring (bicyclic) bond motifs is 3. The number of amidine groups is 1. The van der Waals surface area contributed by atoms with E-state index < -0.39 is 5.54 Å². The first-order valence-corrected chi connectivity index (χ1v) is 7.39. The SMILES string of the molecule is C[C@]12N=C(N)SC[C@H]1COc1cc(F)c(Br)cc12. The second kappa shape index (κ2) is 4.13. The summed E-state index contributed by atoms with van der Waals surface area (Å²) in [5.74, 6) is 1.38. The highest BCUT2D eigenvalue weighted by Gasteiger charge is 2.44. The normalized spacial score (nSPS) is 29.9. The van der Waals surface area contributed by atoms with E-state index in [1.807, 2.05) is 6.92 Å². The summed E-state index contributed by atoms with van der Waals surface area (Å²) in [6, 6.07) is 3.16. The van der Waals surface area contributed by atoms with E-state index in [-0.39, 0.29) is 11.7 Å². The molecule has 0 fully saturated rings. The van der Waals surface area contributed by atoms with Crippen molar-refractivity contribution >= 4 is 32.9 Å². The van der Waals surface area contributed by atoms with Crippen LogP contribution < -0.4 is 10.5 Å². The minimum atomic E-state index is -0.418. The molecule has 2 atom stereocenters. The Labute approximate surface area is 117 Å². The number of ether oxygens (including phenoxy) is 1. The van der Waals surface area contributed by atoms with E-state index in [2.05, 4.69) is 20.9 Å². The van der Waals surface area contributed by atoms with Crippen molar-refractivity contribution in [3.05, 3.63) is 28.0 Å². The third-order valence-electron chi connectivity index (χ3n) is 3.58. The fourth-order valence-corrected chi connectivity index (χ4v) is 3.82. The van der Waals surface area contributed by atoms with Crippen LogP contribution in [-0.4, -0.2) is 17.5 Å². The molecule has 0 aliphatic carbocycles. The molecule has 2 aliphatic heterocycles. The van der Waals surface area contributed by atoms with Gasteiger partial charge in [0.1, 0.15) is 11.6 Å². The van der Waals surface area contributed by atoms with Gasteiger partial charge in [-0.05, 0) is 28.9 Å². The number of nitrogens with two attached hydrogens (primary N) is 1. The Hall–Kier alpha value is -0.750. The van der Waals surface area contributed by atoms with Gasteiger partial charge in [0.05, 0.1) is 16.6 Å². The summed E-state index contributed by atoms with van der Waals surface area (Å²) in [5.41, 5.74) is 6.32. The quantitative estimate of drug-likeness (QED) is 0.795. The number of benzene rings is 1. The van der Waals surface area contributed by atoms with E-state index in [9.17, 15) is 4.39 Å². The van der Waals surface area contributed by atoms with Crippen LogP contribution in [0.2, 0.25) is 0 Å². The minimum Gasteiger partial charge on any atom is -0.493 e. The van der Waals surface area contributed by atoms with Crippen LogP contribution in [0.15, 0.2) is 21.6 Å². The molecule has 2 N–H and O–H groups in total.